The van der Waals surface area contributed by atoms with Gasteiger partial charge < -0.3 is 19.9 Å². The minimum Gasteiger partial charge on any atom is -0.497 e. The highest BCUT2D eigenvalue weighted by atomic mass is 16.5. The minimum absolute atomic E-state index is 0.0538. The number of benzene rings is 2. The molecule has 7 nitrogen and oxygen atoms in total. The standard InChI is InChI=1S/C27H33N5O2/c1-18-7-6-8-25(19(18)2)30-27(33)32-15-13-31(14-16-32)26-24(20(3)28-21(4)29-26)17-22-9-11-23(34-5)12-10-22/h6-12H,13-17H2,1-5H3,(H,30,33). The number of amides is 2. The summed E-state index contributed by atoms with van der Waals surface area (Å²) >= 11 is 0. The summed E-state index contributed by atoms with van der Waals surface area (Å²) in [5.41, 5.74) is 6.45. The van der Waals surface area contributed by atoms with Crippen LogP contribution in [0.4, 0.5) is 16.3 Å². The number of carbonyl (C=O) groups excluding carboxylic acids is 1. The van der Waals surface area contributed by atoms with Crippen LogP contribution in [0.1, 0.15) is 33.8 Å². The number of hydrogen-bond donors (Lipinski definition) is 1. The van der Waals surface area contributed by atoms with Crippen molar-refractivity contribution >= 4 is 17.5 Å². The number of carbonyl (C=O) groups is 1. The van der Waals surface area contributed by atoms with Gasteiger partial charge >= 0.3 is 6.03 Å². The second-order valence-corrected chi connectivity index (χ2v) is 8.83. The Morgan fingerprint density at radius 1 is 0.971 bits per heavy atom. The Bertz CT molecular complexity index is 1170. The van der Waals surface area contributed by atoms with Crippen LogP contribution in [-0.4, -0.2) is 54.2 Å². The molecule has 1 aromatic heterocycles. The summed E-state index contributed by atoms with van der Waals surface area (Å²) in [6.07, 6.45) is 0.749. The van der Waals surface area contributed by atoms with E-state index in [2.05, 4.69) is 40.3 Å². The molecule has 178 valence electrons. The molecule has 7 heteroatoms. The molecular weight excluding hydrogens is 426 g/mol. The third-order valence-electron chi connectivity index (χ3n) is 6.56. The van der Waals surface area contributed by atoms with Crippen LogP contribution >= 0.6 is 0 Å². The Hall–Kier alpha value is -3.61. The van der Waals surface area contributed by atoms with Crippen molar-refractivity contribution in [1.29, 1.82) is 0 Å². The molecule has 0 unspecified atom stereocenters. The summed E-state index contributed by atoms with van der Waals surface area (Å²) in [7, 11) is 1.67. The fourth-order valence-corrected chi connectivity index (χ4v) is 4.34. The summed E-state index contributed by atoms with van der Waals surface area (Å²) in [5, 5.41) is 3.08. The smallest absolute Gasteiger partial charge is 0.321 e. The van der Waals surface area contributed by atoms with Gasteiger partial charge in [-0.2, -0.15) is 0 Å². The van der Waals surface area contributed by atoms with E-state index in [0.29, 0.717) is 13.1 Å². The van der Waals surface area contributed by atoms with E-state index in [9.17, 15) is 4.79 Å². The van der Waals surface area contributed by atoms with Crippen molar-refractivity contribution in [3.8, 4) is 5.75 Å². The number of aromatic nitrogens is 2. The van der Waals surface area contributed by atoms with E-state index < -0.39 is 0 Å². The molecule has 4 rings (SSSR count). The monoisotopic (exact) mass is 459 g/mol. The Balaban J connectivity index is 1.47. The third kappa shape index (κ3) is 5.14. The molecule has 1 aliphatic rings. The van der Waals surface area contributed by atoms with Gasteiger partial charge in [-0.25, -0.2) is 14.8 Å². The maximum Gasteiger partial charge on any atom is 0.321 e. The molecule has 0 saturated carbocycles. The lowest BCUT2D eigenvalue weighted by atomic mass is 10.0. The molecule has 2 aromatic carbocycles. The first-order chi connectivity index (χ1) is 16.4. The van der Waals surface area contributed by atoms with Crippen LogP contribution in [-0.2, 0) is 6.42 Å². The quantitative estimate of drug-likeness (QED) is 0.601. The zero-order valence-corrected chi connectivity index (χ0v) is 20.7. The number of piperazine rings is 1. The summed E-state index contributed by atoms with van der Waals surface area (Å²) < 4.78 is 5.29. The zero-order valence-electron chi connectivity index (χ0n) is 20.7. The molecule has 1 aliphatic heterocycles. The van der Waals surface area contributed by atoms with Crippen LogP contribution in [0.2, 0.25) is 0 Å². The number of nitrogens with zero attached hydrogens (tertiary/aromatic N) is 4. The van der Waals surface area contributed by atoms with Crippen LogP contribution in [0.25, 0.3) is 0 Å². The van der Waals surface area contributed by atoms with Crippen molar-refractivity contribution in [1.82, 2.24) is 14.9 Å². The third-order valence-corrected chi connectivity index (χ3v) is 6.56. The van der Waals surface area contributed by atoms with Gasteiger partial charge in [-0.3, -0.25) is 0 Å². The highest BCUT2D eigenvalue weighted by molar-refractivity contribution is 5.90. The van der Waals surface area contributed by atoms with E-state index >= 15 is 0 Å². The second-order valence-electron chi connectivity index (χ2n) is 8.83. The van der Waals surface area contributed by atoms with Crippen molar-refractivity contribution < 1.29 is 9.53 Å². The van der Waals surface area contributed by atoms with Gasteiger partial charge in [0.05, 0.1) is 7.11 Å². The number of aryl methyl sites for hydroxylation is 3. The average Bonchev–Trinajstić information content (AvgIpc) is 2.84. The molecule has 0 aliphatic carbocycles. The fraction of sp³-hybridized carbons (Fsp3) is 0.370. The number of methoxy groups -OCH3 is 1. The first-order valence-corrected chi connectivity index (χ1v) is 11.7. The van der Waals surface area contributed by atoms with Gasteiger partial charge in [-0.15, -0.1) is 0 Å². The molecular formula is C27H33N5O2. The molecule has 34 heavy (non-hydrogen) atoms. The molecule has 1 saturated heterocycles. The van der Waals surface area contributed by atoms with E-state index in [1.807, 2.05) is 49.9 Å². The van der Waals surface area contributed by atoms with Crippen LogP contribution in [0.15, 0.2) is 42.5 Å². The lowest BCUT2D eigenvalue weighted by Crippen LogP contribution is -2.50. The SMILES string of the molecule is COc1ccc(Cc2c(C)nc(C)nc2N2CCN(C(=O)Nc3cccc(C)c3C)CC2)cc1. The van der Waals surface area contributed by atoms with Gasteiger partial charge in [0.2, 0.25) is 0 Å². The molecule has 0 bridgehead atoms. The molecule has 1 N–H and O–H groups in total. The normalized spacial score (nSPS) is 13.7. The molecule has 0 radical (unpaired) electrons. The second kappa shape index (κ2) is 10.1. The minimum atomic E-state index is -0.0538. The number of urea groups is 1. The van der Waals surface area contributed by atoms with Crippen LogP contribution < -0.4 is 15.0 Å². The Labute approximate surface area is 201 Å². The first-order valence-electron chi connectivity index (χ1n) is 11.7. The van der Waals surface area contributed by atoms with Crippen LogP contribution in [0.5, 0.6) is 5.75 Å². The summed E-state index contributed by atoms with van der Waals surface area (Å²) in [5.74, 6) is 2.58. The van der Waals surface area contributed by atoms with Gasteiger partial charge in [-0.05, 0) is 62.6 Å². The maximum atomic E-state index is 12.9. The summed E-state index contributed by atoms with van der Waals surface area (Å²) in [4.78, 5) is 26.5. The molecule has 0 spiro atoms. The van der Waals surface area contributed by atoms with Gasteiger partial charge in [0, 0.05) is 49.5 Å². The van der Waals surface area contributed by atoms with E-state index in [0.717, 1.165) is 59.4 Å². The highest BCUT2D eigenvalue weighted by Gasteiger charge is 2.25. The van der Waals surface area contributed by atoms with E-state index in [1.54, 1.807) is 7.11 Å². The maximum absolute atomic E-state index is 12.9. The number of hydrogen-bond acceptors (Lipinski definition) is 5. The Morgan fingerprint density at radius 3 is 2.35 bits per heavy atom. The lowest BCUT2D eigenvalue weighted by Gasteiger charge is -2.36. The highest BCUT2D eigenvalue weighted by Crippen LogP contribution is 2.26. The average molecular weight is 460 g/mol. The summed E-state index contributed by atoms with van der Waals surface area (Å²) in [6.45, 7) is 10.8. The Morgan fingerprint density at radius 2 is 1.68 bits per heavy atom. The van der Waals surface area contributed by atoms with Crippen LogP contribution in [0.3, 0.4) is 0 Å². The van der Waals surface area contributed by atoms with E-state index in [-0.39, 0.29) is 6.03 Å². The predicted octanol–water partition coefficient (Wildman–Crippen LogP) is 4.66. The van der Waals surface area contributed by atoms with Gasteiger partial charge in [0.25, 0.3) is 0 Å². The first kappa shape index (κ1) is 23.5. The fourth-order valence-electron chi connectivity index (χ4n) is 4.34. The van der Waals surface area contributed by atoms with E-state index in [4.69, 9.17) is 9.72 Å². The number of nitrogens with one attached hydrogen (secondary N) is 1. The molecule has 2 amide bonds. The predicted molar refractivity (Wildman–Crippen MR) is 136 cm³/mol. The van der Waals surface area contributed by atoms with Gasteiger partial charge in [0.1, 0.15) is 17.4 Å². The van der Waals surface area contributed by atoms with Crippen molar-refractivity contribution in [2.45, 2.75) is 34.1 Å². The van der Waals surface area contributed by atoms with E-state index in [1.165, 1.54) is 11.1 Å². The topological polar surface area (TPSA) is 70.6 Å². The van der Waals surface area contributed by atoms with Gasteiger partial charge in [0.15, 0.2) is 0 Å². The molecule has 3 aromatic rings. The van der Waals surface area contributed by atoms with Crippen LogP contribution in [0, 0.1) is 27.7 Å². The van der Waals surface area contributed by atoms with Gasteiger partial charge in [-0.1, -0.05) is 24.3 Å². The number of anilines is 2. The molecule has 1 fully saturated rings. The molecule has 2 heterocycles. The van der Waals surface area contributed by atoms with Crippen molar-refractivity contribution in [3.63, 3.8) is 0 Å². The zero-order chi connectivity index (χ0) is 24.2. The number of ether oxygens (including phenoxy) is 1. The van der Waals surface area contributed by atoms with Crippen molar-refractivity contribution in [2.24, 2.45) is 0 Å². The Kier molecular flexibility index (Phi) is 7.01. The molecule has 0 atom stereocenters. The summed E-state index contributed by atoms with van der Waals surface area (Å²) in [6, 6.07) is 14.0. The lowest BCUT2D eigenvalue weighted by molar-refractivity contribution is 0.208. The van der Waals surface area contributed by atoms with Crippen molar-refractivity contribution in [3.05, 3.63) is 76.2 Å². The van der Waals surface area contributed by atoms with Crippen molar-refractivity contribution in [2.75, 3.05) is 43.5 Å². The largest absolute Gasteiger partial charge is 0.497 e. The number of rotatable bonds is 5.